The molecule has 143 valence electrons. The molecule has 0 bridgehead atoms. The first-order valence-corrected chi connectivity index (χ1v) is 11.2. The summed E-state index contributed by atoms with van der Waals surface area (Å²) in [5.41, 5.74) is 0.130. The summed E-state index contributed by atoms with van der Waals surface area (Å²) in [7, 11) is -4.37. The van der Waals surface area contributed by atoms with E-state index < -0.39 is 10.4 Å². The summed E-state index contributed by atoms with van der Waals surface area (Å²) in [6.45, 7) is 4.59. The van der Waals surface area contributed by atoms with Gasteiger partial charge in [-0.25, -0.2) is 4.18 Å². The van der Waals surface area contributed by atoms with E-state index in [1.165, 1.54) is 0 Å². The van der Waals surface area contributed by atoms with Crippen LogP contribution in [0.25, 0.3) is 0 Å². The summed E-state index contributed by atoms with van der Waals surface area (Å²) in [6.07, 6.45) is 8.19. The van der Waals surface area contributed by atoms with Crippen molar-refractivity contribution in [3.8, 4) is 0 Å². The van der Waals surface area contributed by atoms with Crippen molar-refractivity contribution in [2.75, 3.05) is 0 Å². The fourth-order valence-electron chi connectivity index (χ4n) is 7.25. The van der Waals surface area contributed by atoms with E-state index in [2.05, 4.69) is 13.8 Å². The van der Waals surface area contributed by atoms with Gasteiger partial charge in [-0.2, -0.15) is 8.42 Å². The molecule has 4 aliphatic carbocycles. The third kappa shape index (κ3) is 3.37. The molecule has 7 atom stereocenters. The molecule has 7 heteroatoms. The zero-order valence-corrected chi connectivity index (χ0v) is 19.1. The van der Waals surface area contributed by atoms with Crippen LogP contribution in [-0.2, 0) is 19.4 Å². The first-order chi connectivity index (χ1) is 11.6. The van der Waals surface area contributed by atoms with Crippen LogP contribution in [0.2, 0.25) is 0 Å². The Morgan fingerprint density at radius 3 is 2.46 bits per heavy atom. The second-order valence-corrected chi connectivity index (χ2v) is 10.5. The van der Waals surface area contributed by atoms with Crippen LogP contribution in [0.4, 0.5) is 0 Å². The second kappa shape index (κ2) is 7.10. The largest absolute Gasteiger partial charge is 0.397 e. The maximum atomic E-state index is 12.4. The fourth-order valence-corrected chi connectivity index (χ4v) is 7.77. The Morgan fingerprint density at radius 1 is 1.04 bits per heavy atom. The van der Waals surface area contributed by atoms with Gasteiger partial charge in [-0.3, -0.25) is 9.35 Å². The molecule has 7 unspecified atom stereocenters. The third-order valence-corrected chi connectivity index (χ3v) is 9.10. The monoisotopic (exact) mass is 393 g/mol. The van der Waals surface area contributed by atoms with Gasteiger partial charge < -0.3 is 0 Å². The smallest absolute Gasteiger partial charge is 0.299 e. The standard InChI is InChI=1S/C19H30O5S.Na/c1-18-9-7-13(24-25(21,22)23)11-12(18)3-4-14-15-5-6-17(20)19(15,2)10-8-16(14)18;/h12-16H,3-11H2,1-2H3,(H,21,22,23);. The number of Topliss-reactive ketones (excluding diaryl/α,β-unsaturated/α-hetero) is 1. The van der Waals surface area contributed by atoms with E-state index in [9.17, 15) is 13.2 Å². The Morgan fingerprint density at radius 2 is 1.77 bits per heavy atom. The maximum Gasteiger partial charge on any atom is 0.397 e. The van der Waals surface area contributed by atoms with Gasteiger partial charge >= 0.3 is 10.4 Å². The van der Waals surface area contributed by atoms with E-state index in [0.717, 1.165) is 51.4 Å². The van der Waals surface area contributed by atoms with E-state index in [0.29, 0.717) is 35.9 Å². The minimum Gasteiger partial charge on any atom is -0.299 e. The number of hydrogen-bond donors (Lipinski definition) is 1. The number of carbonyl (C=O) groups excluding carboxylic acids is 1. The van der Waals surface area contributed by atoms with Crippen molar-refractivity contribution in [1.82, 2.24) is 0 Å². The first kappa shape index (κ1) is 21.3. The summed E-state index contributed by atoms with van der Waals surface area (Å²) in [6, 6.07) is 0. The molecule has 0 spiro atoms. The third-order valence-electron chi connectivity index (χ3n) is 8.58. The Kier molecular flexibility index (Phi) is 5.80. The molecule has 0 amide bonds. The van der Waals surface area contributed by atoms with Crippen LogP contribution in [0.1, 0.15) is 71.6 Å². The molecule has 0 aromatic heterocycles. The van der Waals surface area contributed by atoms with Crippen molar-refractivity contribution in [1.29, 1.82) is 0 Å². The minimum atomic E-state index is -4.37. The Bertz CT molecular complexity index is 679. The molecular formula is C19H30NaO5S. The Hall–Kier alpha value is 0.540. The van der Waals surface area contributed by atoms with Gasteiger partial charge in [0.05, 0.1) is 6.10 Å². The summed E-state index contributed by atoms with van der Waals surface area (Å²) in [4.78, 5) is 12.4. The number of fused-ring (bicyclic) bond motifs is 5. The van der Waals surface area contributed by atoms with E-state index >= 15 is 0 Å². The fraction of sp³-hybridized carbons (Fsp3) is 0.947. The zero-order valence-electron chi connectivity index (χ0n) is 16.2. The second-order valence-electron chi connectivity index (χ2n) is 9.50. The van der Waals surface area contributed by atoms with Crippen LogP contribution >= 0.6 is 0 Å². The molecule has 26 heavy (non-hydrogen) atoms. The van der Waals surface area contributed by atoms with Crippen LogP contribution in [0.5, 0.6) is 0 Å². The van der Waals surface area contributed by atoms with Crippen molar-refractivity contribution in [3.05, 3.63) is 0 Å². The van der Waals surface area contributed by atoms with Gasteiger partial charge in [-0.15, -0.1) is 0 Å². The van der Waals surface area contributed by atoms with Crippen LogP contribution in [0.3, 0.4) is 0 Å². The van der Waals surface area contributed by atoms with Crippen LogP contribution < -0.4 is 0 Å². The van der Waals surface area contributed by atoms with Crippen LogP contribution in [0.15, 0.2) is 0 Å². The van der Waals surface area contributed by atoms with Gasteiger partial charge in [0.1, 0.15) is 5.78 Å². The predicted molar refractivity (Wildman–Crippen MR) is 98.9 cm³/mol. The molecule has 0 aromatic carbocycles. The molecule has 4 aliphatic rings. The van der Waals surface area contributed by atoms with Gasteiger partial charge in [0, 0.05) is 41.4 Å². The van der Waals surface area contributed by atoms with Crippen LogP contribution in [0, 0.1) is 34.5 Å². The van der Waals surface area contributed by atoms with Crippen LogP contribution in [-0.4, -0.2) is 54.4 Å². The summed E-state index contributed by atoms with van der Waals surface area (Å²) >= 11 is 0. The van der Waals surface area contributed by atoms with Gasteiger partial charge in [0.25, 0.3) is 0 Å². The summed E-state index contributed by atoms with van der Waals surface area (Å²) < 4.78 is 36.0. The van der Waals surface area contributed by atoms with Crippen molar-refractivity contribution < 1.29 is 21.9 Å². The topological polar surface area (TPSA) is 80.7 Å². The normalized spacial score (nSPS) is 48.1. The molecule has 5 nitrogen and oxygen atoms in total. The van der Waals surface area contributed by atoms with Crippen molar-refractivity contribution >= 4 is 45.7 Å². The van der Waals surface area contributed by atoms with E-state index in [1.54, 1.807) is 0 Å². The molecule has 4 fully saturated rings. The molecule has 4 saturated carbocycles. The van der Waals surface area contributed by atoms with Gasteiger partial charge in [-0.1, -0.05) is 13.8 Å². The molecule has 0 aliphatic heterocycles. The molecule has 0 aromatic rings. The average Bonchev–Trinajstić information content (AvgIpc) is 2.82. The van der Waals surface area contributed by atoms with Crippen molar-refractivity contribution in [3.63, 3.8) is 0 Å². The Labute approximate surface area is 179 Å². The van der Waals surface area contributed by atoms with E-state index in [-0.39, 0.29) is 46.5 Å². The van der Waals surface area contributed by atoms with Crippen molar-refractivity contribution in [2.24, 2.45) is 34.5 Å². The first-order valence-electron chi connectivity index (χ1n) is 9.82. The maximum absolute atomic E-state index is 12.4. The number of ketones is 1. The molecule has 0 heterocycles. The van der Waals surface area contributed by atoms with E-state index in [4.69, 9.17) is 8.74 Å². The van der Waals surface area contributed by atoms with E-state index in [1.807, 2.05) is 0 Å². The molecule has 1 radical (unpaired) electrons. The van der Waals surface area contributed by atoms with Gasteiger partial charge in [0.15, 0.2) is 0 Å². The predicted octanol–water partition coefficient (Wildman–Crippen LogP) is 3.41. The molecular weight excluding hydrogens is 363 g/mol. The molecule has 1 N–H and O–H groups in total. The van der Waals surface area contributed by atoms with Gasteiger partial charge in [0.2, 0.25) is 0 Å². The zero-order chi connectivity index (χ0) is 18.0. The average molecular weight is 394 g/mol. The number of rotatable bonds is 2. The van der Waals surface area contributed by atoms with Gasteiger partial charge in [-0.05, 0) is 80.5 Å². The molecule has 0 saturated heterocycles. The number of hydrogen-bond acceptors (Lipinski definition) is 4. The minimum absolute atomic E-state index is 0. The summed E-state index contributed by atoms with van der Waals surface area (Å²) in [5, 5.41) is 0. The summed E-state index contributed by atoms with van der Waals surface area (Å²) in [5.74, 6) is 2.76. The van der Waals surface area contributed by atoms with Crippen molar-refractivity contribution in [2.45, 2.75) is 77.7 Å². The number of carbonyl (C=O) groups is 1. The molecule has 4 rings (SSSR count). The SMILES string of the molecule is CC12CCC3C(CCC4CC(OS(=O)(=O)O)CCC43C)C1CCC2=O.[Na]. The quantitative estimate of drug-likeness (QED) is 0.574. The Balaban J connectivity index is 0.00000196.